The highest BCUT2D eigenvalue weighted by molar-refractivity contribution is 5.97. The fraction of sp³-hybridized carbons (Fsp3) is 0.222. The quantitative estimate of drug-likeness (QED) is 0.643. The molecule has 1 amide bonds. The predicted octanol–water partition coefficient (Wildman–Crippen LogP) is 4.02. The molecule has 1 atom stereocenters. The molecule has 0 saturated carbocycles. The summed E-state index contributed by atoms with van der Waals surface area (Å²) in [6, 6.07) is 5.07. The van der Waals surface area contributed by atoms with Crippen LogP contribution in [0, 0.1) is 5.82 Å². The van der Waals surface area contributed by atoms with Crippen molar-refractivity contribution in [1.82, 2.24) is 15.1 Å². The summed E-state index contributed by atoms with van der Waals surface area (Å²) in [6.07, 6.45) is -0.0432. The maximum Gasteiger partial charge on any atom is 0.435 e. The van der Waals surface area contributed by atoms with Crippen LogP contribution in [-0.4, -0.2) is 21.5 Å². The average Bonchev–Trinajstić information content (AvgIpc) is 2.97. The molecule has 1 aromatic carbocycles. The Morgan fingerprint density at radius 3 is 2.74 bits per heavy atom. The Balaban J connectivity index is 1.95. The van der Waals surface area contributed by atoms with Crippen LogP contribution >= 0.6 is 0 Å². The van der Waals surface area contributed by atoms with Crippen molar-refractivity contribution in [3.8, 4) is 0 Å². The number of aromatic nitrogens is 2. The summed E-state index contributed by atoms with van der Waals surface area (Å²) in [5.41, 5.74) is -2.09. The molecule has 1 aliphatic rings. The normalized spacial score (nSPS) is 19.7. The van der Waals surface area contributed by atoms with Gasteiger partial charge in [0.2, 0.25) is 5.79 Å². The van der Waals surface area contributed by atoms with Gasteiger partial charge in [-0.3, -0.25) is 9.48 Å². The summed E-state index contributed by atoms with van der Waals surface area (Å²) >= 11 is 0. The second kappa shape index (κ2) is 6.64. The Kier molecular flexibility index (Phi) is 4.63. The highest BCUT2D eigenvalue weighted by Gasteiger charge is 2.42. The van der Waals surface area contributed by atoms with E-state index in [1.807, 2.05) is 5.32 Å². The van der Waals surface area contributed by atoms with Crippen molar-refractivity contribution < 1.29 is 26.7 Å². The van der Waals surface area contributed by atoms with Crippen LogP contribution in [0.25, 0.3) is 5.57 Å². The van der Waals surface area contributed by atoms with Crippen molar-refractivity contribution in [2.45, 2.75) is 18.4 Å². The number of hydrogen-bond donors (Lipinski definition) is 1. The van der Waals surface area contributed by atoms with Gasteiger partial charge in [0.05, 0.1) is 5.56 Å². The number of aryl methyl sites for hydroxylation is 1. The third kappa shape index (κ3) is 3.76. The minimum absolute atomic E-state index is 0.0599. The van der Waals surface area contributed by atoms with E-state index < -0.39 is 35.0 Å². The zero-order valence-corrected chi connectivity index (χ0v) is 14.0. The molecule has 4 nitrogen and oxygen atoms in total. The Morgan fingerprint density at radius 1 is 1.33 bits per heavy atom. The lowest BCUT2D eigenvalue weighted by Gasteiger charge is -2.30. The third-order valence-electron chi connectivity index (χ3n) is 4.01. The topological polar surface area (TPSA) is 46.9 Å². The molecule has 0 fully saturated rings. The summed E-state index contributed by atoms with van der Waals surface area (Å²) in [5.74, 6) is -4.38. The van der Waals surface area contributed by atoms with Crippen LogP contribution in [0.3, 0.4) is 0 Å². The molecular weight excluding hydrogens is 369 g/mol. The maximum absolute atomic E-state index is 15.5. The van der Waals surface area contributed by atoms with Crippen molar-refractivity contribution in [3.63, 3.8) is 0 Å². The number of allylic oxidation sites excluding steroid dienone is 2. The number of alkyl halides is 4. The van der Waals surface area contributed by atoms with E-state index >= 15 is 4.39 Å². The minimum atomic E-state index is -4.87. The molecule has 0 radical (unpaired) electrons. The fourth-order valence-electron chi connectivity index (χ4n) is 2.85. The molecule has 27 heavy (non-hydrogen) atoms. The van der Waals surface area contributed by atoms with Gasteiger partial charge in [0, 0.05) is 25.2 Å². The van der Waals surface area contributed by atoms with Crippen LogP contribution in [0.2, 0.25) is 0 Å². The summed E-state index contributed by atoms with van der Waals surface area (Å²) < 4.78 is 69.1. The van der Waals surface area contributed by atoms with Crippen LogP contribution in [-0.2, 0) is 13.2 Å². The minimum Gasteiger partial charge on any atom is -0.316 e. The maximum atomic E-state index is 15.5. The van der Waals surface area contributed by atoms with E-state index in [1.54, 1.807) is 0 Å². The second-order valence-corrected chi connectivity index (χ2v) is 6.04. The number of halogens is 5. The number of amides is 1. The molecule has 0 bridgehead atoms. The van der Waals surface area contributed by atoms with Crippen LogP contribution in [0.4, 0.5) is 22.0 Å². The van der Waals surface area contributed by atoms with Crippen molar-refractivity contribution in [3.05, 3.63) is 71.3 Å². The first-order valence-corrected chi connectivity index (χ1v) is 7.86. The largest absolute Gasteiger partial charge is 0.435 e. The van der Waals surface area contributed by atoms with E-state index in [-0.39, 0.29) is 17.6 Å². The molecule has 1 unspecified atom stereocenters. The van der Waals surface area contributed by atoms with Gasteiger partial charge >= 0.3 is 6.18 Å². The first-order valence-electron chi connectivity index (χ1n) is 7.86. The van der Waals surface area contributed by atoms with Gasteiger partial charge in [-0.1, -0.05) is 30.4 Å². The number of rotatable bonds is 3. The summed E-state index contributed by atoms with van der Waals surface area (Å²) in [7, 11) is 1.22. The summed E-state index contributed by atoms with van der Waals surface area (Å²) in [6.45, 7) is 0. The SMILES string of the molecule is Cn1cc(C(=O)NC2(F)CC=CC=C2c2cccc(F)c2)c(C(F)(F)F)n1. The van der Waals surface area contributed by atoms with Crippen LogP contribution in [0.1, 0.15) is 28.0 Å². The molecule has 0 aliphatic heterocycles. The highest BCUT2D eigenvalue weighted by atomic mass is 19.4. The Labute approximate surface area is 151 Å². The Hall–Kier alpha value is -2.97. The lowest BCUT2D eigenvalue weighted by molar-refractivity contribution is -0.141. The molecule has 9 heteroatoms. The van der Waals surface area contributed by atoms with Gasteiger partial charge in [0.1, 0.15) is 5.82 Å². The number of carbonyl (C=O) groups excluding carboxylic acids is 1. The van der Waals surface area contributed by atoms with Gasteiger partial charge in [0.15, 0.2) is 5.69 Å². The van der Waals surface area contributed by atoms with Gasteiger partial charge in [-0.15, -0.1) is 0 Å². The molecule has 1 aliphatic carbocycles. The van der Waals surface area contributed by atoms with Gasteiger partial charge in [-0.25, -0.2) is 8.78 Å². The highest BCUT2D eigenvalue weighted by Crippen LogP contribution is 2.36. The van der Waals surface area contributed by atoms with Gasteiger partial charge in [-0.2, -0.15) is 18.3 Å². The van der Waals surface area contributed by atoms with E-state index in [0.717, 1.165) is 16.9 Å². The number of nitrogens with one attached hydrogen (secondary N) is 1. The van der Waals surface area contributed by atoms with Crippen molar-refractivity contribution in [2.24, 2.45) is 7.05 Å². The predicted molar refractivity (Wildman–Crippen MR) is 87.6 cm³/mol. The molecule has 0 saturated heterocycles. The molecule has 1 N–H and O–H groups in total. The molecule has 0 spiro atoms. The third-order valence-corrected chi connectivity index (χ3v) is 4.01. The Morgan fingerprint density at radius 2 is 2.07 bits per heavy atom. The van der Waals surface area contributed by atoms with Crippen LogP contribution < -0.4 is 5.32 Å². The lowest BCUT2D eigenvalue weighted by Crippen LogP contribution is -2.46. The Bertz CT molecular complexity index is 945. The zero-order chi connectivity index (χ0) is 19.8. The van der Waals surface area contributed by atoms with E-state index in [9.17, 15) is 22.4 Å². The van der Waals surface area contributed by atoms with E-state index in [2.05, 4.69) is 5.10 Å². The van der Waals surface area contributed by atoms with Gasteiger partial charge < -0.3 is 5.32 Å². The van der Waals surface area contributed by atoms with Crippen molar-refractivity contribution in [2.75, 3.05) is 0 Å². The molecule has 142 valence electrons. The van der Waals surface area contributed by atoms with Crippen molar-refractivity contribution >= 4 is 11.5 Å². The van der Waals surface area contributed by atoms with Gasteiger partial charge in [-0.05, 0) is 17.7 Å². The van der Waals surface area contributed by atoms with Crippen LogP contribution in [0.15, 0.2) is 48.7 Å². The molecule has 3 rings (SSSR count). The number of nitrogens with zero attached hydrogens (tertiary/aromatic N) is 2. The van der Waals surface area contributed by atoms with E-state index in [0.29, 0.717) is 0 Å². The van der Waals surface area contributed by atoms with E-state index in [1.165, 1.54) is 43.5 Å². The average molecular weight is 383 g/mol. The first kappa shape index (κ1) is 18.8. The smallest absolute Gasteiger partial charge is 0.316 e. The molecular formula is C18H14F5N3O. The first-order chi connectivity index (χ1) is 12.6. The van der Waals surface area contributed by atoms with Crippen LogP contribution in [0.5, 0.6) is 0 Å². The molecule has 1 aromatic heterocycles. The number of benzene rings is 1. The second-order valence-electron chi connectivity index (χ2n) is 6.04. The fourth-order valence-corrected chi connectivity index (χ4v) is 2.85. The zero-order valence-electron chi connectivity index (χ0n) is 14.0. The summed E-state index contributed by atoms with van der Waals surface area (Å²) in [4.78, 5) is 12.4. The monoisotopic (exact) mass is 383 g/mol. The number of carbonyl (C=O) groups is 1. The molecule has 1 heterocycles. The van der Waals surface area contributed by atoms with Crippen molar-refractivity contribution in [1.29, 1.82) is 0 Å². The van der Waals surface area contributed by atoms with E-state index in [4.69, 9.17) is 0 Å². The van der Waals surface area contributed by atoms with Gasteiger partial charge in [0.25, 0.3) is 5.91 Å². The molecule has 2 aromatic rings. The number of hydrogen-bond acceptors (Lipinski definition) is 2. The standard InChI is InChI=1S/C18H14F5N3O/c1-26-10-13(15(25-26)18(21,22)23)16(27)24-17(20)8-3-2-7-14(17)11-5-4-6-12(19)9-11/h2-7,9-10H,8H2,1H3,(H,24,27). The summed E-state index contributed by atoms with van der Waals surface area (Å²) in [5, 5.41) is 5.24. The lowest BCUT2D eigenvalue weighted by atomic mass is 9.90.